The molecule has 5 heterocycles. The van der Waals surface area contributed by atoms with Gasteiger partial charge in [-0.1, -0.05) is 0 Å². The summed E-state index contributed by atoms with van der Waals surface area (Å²) >= 11 is 0. The molecule has 15 heteroatoms. The van der Waals surface area contributed by atoms with E-state index in [1.165, 1.54) is 10.9 Å². The first kappa shape index (κ1) is 26.7. The summed E-state index contributed by atoms with van der Waals surface area (Å²) in [6.07, 6.45) is -0.374. The molecule has 6 rings (SSSR count). The molecule has 0 aromatic carbocycles. The van der Waals surface area contributed by atoms with Gasteiger partial charge in [0.25, 0.3) is 5.91 Å². The zero-order valence-corrected chi connectivity index (χ0v) is 22.2. The Morgan fingerprint density at radius 2 is 1.93 bits per heavy atom. The molecule has 1 saturated carbocycles. The third kappa shape index (κ3) is 5.04. The molecule has 0 bridgehead atoms. The van der Waals surface area contributed by atoms with Crippen molar-refractivity contribution in [2.75, 3.05) is 39.0 Å². The van der Waals surface area contributed by atoms with Crippen LogP contribution in [0.3, 0.4) is 0 Å². The van der Waals surface area contributed by atoms with Gasteiger partial charge in [0.2, 0.25) is 5.91 Å². The number of fused-ring (bicyclic) bond motifs is 1. The first-order valence-corrected chi connectivity index (χ1v) is 13.7. The monoisotopic (exact) mass is 558 g/mol. The molecule has 0 radical (unpaired) electrons. The molecule has 40 heavy (non-hydrogen) atoms. The SMILES string of the molecule is CN1CC(COC(=O)N2CCC(Cc3nc(N)c4ncn([C@@H]5O[C@H](C(=O)NC6CC6)C(O)C5O)c4n3)CC2)C1=O. The average Bonchev–Trinajstić information content (AvgIpc) is 3.58. The molecule has 3 amide bonds. The number of imidazole rings is 1. The molecule has 2 aromatic rings. The molecule has 3 unspecified atom stereocenters. The number of piperidine rings is 1. The van der Waals surface area contributed by atoms with Crippen molar-refractivity contribution < 1.29 is 34.1 Å². The summed E-state index contributed by atoms with van der Waals surface area (Å²) in [6, 6.07) is 0.0847. The Morgan fingerprint density at radius 1 is 1.18 bits per heavy atom. The molecule has 3 saturated heterocycles. The maximum absolute atomic E-state index is 12.5. The normalized spacial score (nSPS) is 29.1. The van der Waals surface area contributed by atoms with Gasteiger partial charge in [0, 0.05) is 39.1 Å². The van der Waals surface area contributed by atoms with Crippen LogP contribution in [0.25, 0.3) is 11.2 Å². The van der Waals surface area contributed by atoms with E-state index in [1.807, 2.05) is 0 Å². The van der Waals surface area contributed by atoms with Crippen molar-refractivity contribution in [1.82, 2.24) is 34.6 Å². The fourth-order valence-corrected chi connectivity index (χ4v) is 5.54. The number of hydrogen-bond acceptors (Lipinski definition) is 11. The molecule has 3 aliphatic heterocycles. The highest BCUT2D eigenvalue weighted by molar-refractivity contribution is 5.85. The smallest absolute Gasteiger partial charge is 0.409 e. The number of carbonyl (C=O) groups is 3. The van der Waals surface area contributed by atoms with Crippen molar-refractivity contribution >= 4 is 34.9 Å². The number of rotatable bonds is 7. The fraction of sp³-hybridized carbons (Fsp3) is 0.680. The lowest BCUT2D eigenvalue weighted by molar-refractivity contribution is -0.147. The van der Waals surface area contributed by atoms with E-state index in [1.54, 1.807) is 16.8 Å². The number of likely N-dealkylation sites (tertiary alicyclic amines) is 2. The highest BCUT2D eigenvalue weighted by atomic mass is 16.6. The Kier molecular flexibility index (Phi) is 6.96. The summed E-state index contributed by atoms with van der Waals surface area (Å²) in [5.41, 5.74) is 6.85. The van der Waals surface area contributed by atoms with Gasteiger partial charge >= 0.3 is 6.09 Å². The molecule has 4 aliphatic rings. The van der Waals surface area contributed by atoms with Crippen LogP contribution in [-0.4, -0.2) is 115 Å². The highest BCUT2D eigenvalue weighted by Gasteiger charge is 2.48. The summed E-state index contributed by atoms with van der Waals surface area (Å²) in [5.74, 6) is 0.138. The van der Waals surface area contributed by atoms with Crippen LogP contribution in [-0.2, 0) is 25.5 Å². The van der Waals surface area contributed by atoms with Crippen LogP contribution in [0.5, 0.6) is 0 Å². The quantitative estimate of drug-likeness (QED) is 0.297. The highest BCUT2D eigenvalue weighted by Crippen LogP contribution is 2.33. The number of aliphatic hydroxyl groups is 2. The lowest BCUT2D eigenvalue weighted by atomic mass is 9.93. The number of aliphatic hydroxyl groups excluding tert-OH is 2. The lowest BCUT2D eigenvalue weighted by Crippen LogP contribution is -2.52. The number of amides is 3. The second-order valence-corrected chi connectivity index (χ2v) is 11.2. The Hall–Kier alpha value is -3.56. The van der Waals surface area contributed by atoms with Crippen molar-refractivity contribution in [2.24, 2.45) is 11.8 Å². The van der Waals surface area contributed by atoms with Crippen LogP contribution in [0.15, 0.2) is 6.33 Å². The van der Waals surface area contributed by atoms with Crippen LogP contribution >= 0.6 is 0 Å². The fourth-order valence-electron chi connectivity index (χ4n) is 5.54. The van der Waals surface area contributed by atoms with Gasteiger partial charge in [0.05, 0.1) is 12.2 Å². The van der Waals surface area contributed by atoms with E-state index >= 15 is 0 Å². The Morgan fingerprint density at radius 3 is 2.60 bits per heavy atom. The van der Waals surface area contributed by atoms with Gasteiger partial charge < -0.3 is 40.5 Å². The average molecular weight is 559 g/mol. The summed E-state index contributed by atoms with van der Waals surface area (Å²) in [4.78, 5) is 53.2. The van der Waals surface area contributed by atoms with Crippen LogP contribution < -0.4 is 11.1 Å². The van der Waals surface area contributed by atoms with Gasteiger partial charge in [0.15, 0.2) is 23.8 Å². The standard InChI is InChI=1S/C25H34N8O7/c1-31-9-13(23(31)37)10-39-25(38)32-6-4-12(5-7-32)8-15-29-20(26)16-21(30-15)33(11-27-16)24-18(35)17(34)19(40-24)22(36)28-14-2-3-14/h11-14,17-19,24,34-35H,2-10H2,1H3,(H,28,36)(H2,26,29,30)/t13?,17?,18?,19-,24+/m0/s1. The minimum atomic E-state index is -1.41. The lowest BCUT2D eigenvalue weighted by Gasteiger charge is -2.36. The van der Waals surface area contributed by atoms with Crippen LogP contribution in [0, 0.1) is 11.8 Å². The molecule has 5 N–H and O–H groups in total. The number of anilines is 1. The van der Waals surface area contributed by atoms with E-state index in [0.717, 1.165) is 25.7 Å². The number of hydrogen-bond donors (Lipinski definition) is 4. The number of nitrogens with one attached hydrogen (secondary N) is 1. The van der Waals surface area contributed by atoms with Gasteiger partial charge in [-0.15, -0.1) is 0 Å². The molecule has 2 aromatic heterocycles. The van der Waals surface area contributed by atoms with E-state index in [0.29, 0.717) is 43.0 Å². The Balaban J connectivity index is 1.08. The first-order chi connectivity index (χ1) is 19.2. The second-order valence-electron chi connectivity index (χ2n) is 11.2. The number of aromatic nitrogens is 4. The largest absolute Gasteiger partial charge is 0.448 e. The topological polar surface area (TPSA) is 198 Å². The van der Waals surface area contributed by atoms with Crippen molar-refractivity contribution in [2.45, 2.75) is 62.7 Å². The van der Waals surface area contributed by atoms with Gasteiger partial charge in [-0.3, -0.25) is 14.2 Å². The van der Waals surface area contributed by atoms with Gasteiger partial charge in [-0.25, -0.2) is 19.7 Å². The number of nitrogens with zero attached hydrogens (tertiary/aromatic N) is 6. The molecule has 0 spiro atoms. The molecular formula is C25H34N8O7. The first-order valence-electron chi connectivity index (χ1n) is 13.7. The predicted octanol–water partition coefficient (Wildman–Crippen LogP) is -1.21. The van der Waals surface area contributed by atoms with Gasteiger partial charge in [-0.2, -0.15) is 0 Å². The molecule has 4 fully saturated rings. The van der Waals surface area contributed by atoms with E-state index < -0.39 is 36.5 Å². The third-order valence-corrected chi connectivity index (χ3v) is 8.16. The van der Waals surface area contributed by atoms with Crippen molar-refractivity contribution in [1.29, 1.82) is 0 Å². The summed E-state index contributed by atoms with van der Waals surface area (Å²) < 4.78 is 12.6. The summed E-state index contributed by atoms with van der Waals surface area (Å²) in [5, 5.41) is 24.0. The minimum Gasteiger partial charge on any atom is -0.448 e. The van der Waals surface area contributed by atoms with Crippen LogP contribution in [0.1, 0.15) is 37.7 Å². The van der Waals surface area contributed by atoms with E-state index in [4.69, 9.17) is 15.2 Å². The Labute approximate surface area is 229 Å². The van der Waals surface area contributed by atoms with E-state index in [9.17, 15) is 24.6 Å². The number of nitrogen functional groups attached to an aromatic ring is 1. The molecular weight excluding hydrogens is 524 g/mol. The summed E-state index contributed by atoms with van der Waals surface area (Å²) in [6.45, 7) is 1.73. The number of ether oxygens (including phenoxy) is 2. The van der Waals surface area contributed by atoms with Crippen molar-refractivity contribution in [3.05, 3.63) is 12.2 Å². The van der Waals surface area contributed by atoms with E-state index in [-0.39, 0.29) is 36.2 Å². The van der Waals surface area contributed by atoms with Gasteiger partial charge in [0.1, 0.15) is 30.2 Å². The molecule has 1 aliphatic carbocycles. The zero-order valence-electron chi connectivity index (χ0n) is 22.2. The van der Waals surface area contributed by atoms with Crippen molar-refractivity contribution in [3.63, 3.8) is 0 Å². The third-order valence-electron chi connectivity index (χ3n) is 8.16. The van der Waals surface area contributed by atoms with E-state index in [2.05, 4.69) is 20.3 Å². The second kappa shape index (κ2) is 10.4. The zero-order chi connectivity index (χ0) is 28.1. The summed E-state index contributed by atoms with van der Waals surface area (Å²) in [7, 11) is 1.72. The van der Waals surface area contributed by atoms with Crippen LogP contribution in [0.2, 0.25) is 0 Å². The molecule has 5 atom stereocenters. The maximum atomic E-state index is 12.5. The maximum Gasteiger partial charge on any atom is 0.409 e. The number of carbonyl (C=O) groups excluding carboxylic acids is 3. The Bertz CT molecular complexity index is 1310. The van der Waals surface area contributed by atoms with Crippen LogP contribution in [0.4, 0.5) is 10.6 Å². The predicted molar refractivity (Wildman–Crippen MR) is 137 cm³/mol. The number of nitrogens with two attached hydrogens (primary N) is 1. The van der Waals surface area contributed by atoms with Gasteiger partial charge in [-0.05, 0) is 31.6 Å². The number of β-lactam (4-membered cyclic amide) rings is 1. The minimum absolute atomic E-state index is 0.00633. The molecule has 15 nitrogen and oxygen atoms in total. The molecule has 216 valence electrons. The van der Waals surface area contributed by atoms with Crippen molar-refractivity contribution in [3.8, 4) is 0 Å².